The normalized spacial score (nSPS) is 18.2. The lowest BCUT2D eigenvalue weighted by Gasteiger charge is -2.04. The van der Waals surface area contributed by atoms with Crippen LogP contribution in [0.2, 0.25) is 0 Å². The summed E-state index contributed by atoms with van der Waals surface area (Å²) in [6.45, 7) is 2.14. The number of Topliss-reactive ketones (excluding diaryl/α,β-unsaturated/α-hetero) is 1. The van der Waals surface area contributed by atoms with Crippen LogP contribution in [-0.2, 0) is 14.4 Å². The van der Waals surface area contributed by atoms with Crippen LogP contribution in [0.5, 0.6) is 0 Å². The second kappa shape index (κ2) is 10.1. The zero-order valence-corrected chi connectivity index (χ0v) is 13.7. The molecule has 0 saturated carbocycles. The zero-order valence-electron chi connectivity index (χ0n) is 13.7. The Morgan fingerprint density at radius 1 is 1.17 bits per heavy atom. The monoisotopic (exact) mass is 322 g/mol. The van der Waals surface area contributed by atoms with Crippen molar-refractivity contribution in [3.63, 3.8) is 0 Å². The van der Waals surface area contributed by atoms with Crippen molar-refractivity contribution in [3.8, 4) is 0 Å². The maximum absolute atomic E-state index is 11.8. The Kier molecular flexibility index (Phi) is 8.48. The number of aliphatic carboxylic acids is 1. The summed E-state index contributed by atoms with van der Waals surface area (Å²) in [5.41, 5.74) is 0.738. The van der Waals surface area contributed by atoms with Gasteiger partial charge in [0.05, 0.1) is 6.10 Å². The fourth-order valence-corrected chi connectivity index (χ4v) is 2.67. The highest BCUT2D eigenvalue weighted by molar-refractivity contribution is 6.01. The minimum absolute atomic E-state index is 0.0279. The lowest BCUT2D eigenvalue weighted by atomic mass is 10.0. The van der Waals surface area contributed by atoms with Gasteiger partial charge in [-0.3, -0.25) is 14.4 Å². The fourth-order valence-electron chi connectivity index (χ4n) is 2.67. The lowest BCUT2D eigenvalue weighted by Crippen LogP contribution is -2.05. The van der Waals surface area contributed by atoms with Crippen molar-refractivity contribution in [3.05, 3.63) is 23.3 Å². The number of hydrogen-bond acceptors (Lipinski definition) is 4. The van der Waals surface area contributed by atoms with Crippen LogP contribution in [0.4, 0.5) is 0 Å². The summed E-state index contributed by atoms with van der Waals surface area (Å²) in [6, 6.07) is 0. The van der Waals surface area contributed by atoms with Gasteiger partial charge in [0, 0.05) is 24.8 Å². The van der Waals surface area contributed by atoms with Gasteiger partial charge in [-0.05, 0) is 24.5 Å². The molecule has 1 unspecified atom stereocenters. The first-order valence-corrected chi connectivity index (χ1v) is 8.32. The third-order valence-corrected chi connectivity index (χ3v) is 3.99. The van der Waals surface area contributed by atoms with Crippen molar-refractivity contribution in [1.82, 2.24) is 0 Å². The molecule has 128 valence electrons. The Morgan fingerprint density at radius 3 is 2.52 bits per heavy atom. The van der Waals surface area contributed by atoms with E-state index in [4.69, 9.17) is 5.11 Å². The molecular weight excluding hydrogens is 296 g/mol. The molecule has 0 fully saturated rings. The third kappa shape index (κ3) is 6.91. The van der Waals surface area contributed by atoms with Gasteiger partial charge in [0.15, 0.2) is 11.6 Å². The topological polar surface area (TPSA) is 91.7 Å². The summed E-state index contributed by atoms with van der Waals surface area (Å²) in [5, 5.41) is 18.6. The number of unbranched alkanes of at least 4 members (excludes halogenated alkanes) is 4. The van der Waals surface area contributed by atoms with Crippen LogP contribution in [0.15, 0.2) is 23.3 Å². The van der Waals surface area contributed by atoms with Gasteiger partial charge in [0.1, 0.15) is 0 Å². The average Bonchev–Trinajstić information content (AvgIpc) is 2.76. The van der Waals surface area contributed by atoms with Gasteiger partial charge in [-0.15, -0.1) is 0 Å². The molecule has 1 rings (SSSR count). The number of carboxylic acid groups (broad SMARTS) is 1. The summed E-state index contributed by atoms with van der Waals surface area (Å²) in [7, 11) is 0. The zero-order chi connectivity index (χ0) is 17.2. The summed E-state index contributed by atoms with van der Waals surface area (Å²) < 4.78 is 0. The van der Waals surface area contributed by atoms with Crippen molar-refractivity contribution in [2.45, 2.75) is 70.8 Å². The summed E-state index contributed by atoms with van der Waals surface area (Å²) in [4.78, 5) is 34.3. The molecule has 5 nitrogen and oxygen atoms in total. The van der Waals surface area contributed by atoms with E-state index in [9.17, 15) is 19.5 Å². The molecule has 1 atom stereocenters. The van der Waals surface area contributed by atoms with Crippen LogP contribution < -0.4 is 0 Å². The second-order valence-electron chi connectivity index (χ2n) is 5.93. The van der Waals surface area contributed by atoms with E-state index in [1.165, 1.54) is 18.6 Å². The van der Waals surface area contributed by atoms with Crippen LogP contribution in [-0.4, -0.2) is 33.9 Å². The van der Waals surface area contributed by atoms with E-state index in [0.29, 0.717) is 17.6 Å². The smallest absolute Gasteiger partial charge is 0.303 e. The minimum atomic E-state index is -0.988. The molecule has 0 heterocycles. The summed E-state index contributed by atoms with van der Waals surface area (Å²) >= 11 is 0. The largest absolute Gasteiger partial charge is 0.481 e. The fraction of sp³-hybridized carbons (Fsp3) is 0.611. The Labute approximate surface area is 137 Å². The molecule has 0 aromatic heterocycles. The van der Waals surface area contributed by atoms with Crippen LogP contribution in [0, 0.1) is 0 Å². The van der Waals surface area contributed by atoms with E-state index in [0.717, 1.165) is 25.7 Å². The van der Waals surface area contributed by atoms with E-state index in [1.54, 1.807) is 0 Å². The lowest BCUT2D eigenvalue weighted by molar-refractivity contribution is -0.137. The molecule has 0 bridgehead atoms. The molecule has 0 aliphatic heterocycles. The van der Waals surface area contributed by atoms with Gasteiger partial charge in [-0.25, -0.2) is 0 Å². The van der Waals surface area contributed by atoms with Crippen LogP contribution in [0.1, 0.15) is 64.7 Å². The van der Waals surface area contributed by atoms with Crippen LogP contribution in [0.25, 0.3) is 0 Å². The van der Waals surface area contributed by atoms with E-state index < -0.39 is 12.1 Å². The number of ketones is 2. The molecule has 0 radical (unpaired) electrons. The second-order valence-corrected chi connectivity index (χ2v) is 5.93. The number of aliphatic hydroxyl groups is 1. The minimum Gasteiger partial charge on any atom is -0.481 e. The SMILES string of the molecule is CCCCCCCC(=O)/C=C/C1=C(CCC(=O)O)C(=O)CC1O. The Bertz CT molecular complexity index is 502. The third-order valence-electron chi connectivity index (χ3n) is 3.99. The number of carbonyl (C=O) groups excluding carboxylic acids is 2. The first-order chi connectivity index (χ1) is 11.0. The number of carboxylic acids is 1. The molecule has 1 aliphatic rings. The quantitative estimate of drug-likeness (QED) is 0.451. The standard InChI is InChI=1S/C18H26O5/c1-2-3-4-5-6-7-13(19)8-9-14-15(10-11-18(22)23)17(21)12-16(14)20/h8-9,16,20H,2-7,10-12H2,1H3,(H,22,23)/b9-8+. The first kappa shape index (κ1) is 19.3. The molecule has 0 aromatic rings. The number of hydrogen-bond donors (Lipinski definition) is 2. The van der Waals surface area contributed by atoms with E-state index in [-0.39, 0.29) is 30.8 Å². The van der Waals surface area contributed by atoms with Gasteiger partial charge in [0.25, 0.3) is 0 Å². The first-order valence-electron chi connectivity index (χ1n) is 8.32. The van der Waals surface area contributed by atoms with E-state index in [2.05, 4.69) is 6.92 Å². The molecule has 0 spiro atoms. The number of rotatable bonds is 11. The number of aliphatic hydroxyl groups excluding tert-OH is 1. The van der Waals surface area contributed by atoms with Gasteiger partial charge in [-0.1, -0.05) is 38.7 Å². The molecule has 0 aromatic carbocycles. The highest BCUT2D eigenvalue weighted by Crippen LogP contribution is 2.28. The maximum atomic E-state index is 11.8. The van der Waals surface area contributed by atoms with Crippen LogP contribution in [0.3, 0.4) is 0 Å². The molecule has 0 saturated heterocycles. The molecule has 1 aliphatic carbocycles. The van der Waals surface area contributed by atoms with Gasteiger partial charge >= 0.3 is 5.97 Å². The van der Waals surface area contributed by atoms with E-state index >= 15 is 0 Å². The van der Waals surface area contributed by atoms with E-state index in [1.807, 2.05) is 0 Å². The average molecular weight is 322 g/mol. The number of allylic oxidation sites excluding steroid dienone is 2. The van der Waals surface area contributed by atoms with Crippen LogP contribution >= 0.6 is 0 Å². The predicted octanol–water partition coefficient (Wildman–Crippen LogP) is 2.97. The van der Waals surface area contributed by atoms with Crippen molar-refractivity contribution in [2.75, 3.05) is 0 Å². The Morgan fingerprint density at radius 2 is 1.87 bits per heavy atom. The predicted molar refractivity (Wildman–Crippen MR) is 87.0 cm³/mol. The summed E-state index contributed by atoms with van der Waals surface area (Å²) in [5.74, 6) is -1.25. The molecule has 23 heavy (non-hydrogen) atoms. The van der Waals surface area contributed by atoms with Crippen molar-refractivity contribution >= 4 is 17.5 Å². The summed E-state index contributed by atoms with van der Waals surface area (Å²) in [6.07, 6.45) is 7.67. The van der Waals surface area contributed by atoms with Crippen molar-refractivity contribution in [1.29, 1.82) is 0 Å². The highest BCUT2D eigenvalue weighted by atomic mass is 16.4. The van der Waals surface area contributed by atoms with Gasteiger partial charge in [0.2, 0.25) is 0 Å². The van der Waals surface area contributed by atoms with Gasteiger partial charge < -0.3 is 10.2 Å². The van der Waals surface area contributed by atoms with Crippen molar-refractivity contribution < 1.29 is 24.6 Å². The number of carbonyl (C=O) groups is 3. The Hall–Kier alpha value is -1.75. The maximum Gasteiger partial charge on any atom is 0.303 e. The van der Waals surface area contributed by atoms with Crippen molar-refractivity contribution in [2.24, 2.45) is 0 Å². The molecule has 2 N–H and O–H groups in total. The van der Waals surface area contributed by atoms with Gasteiger partial charge in [-0.2, -0.15) is 0 Å². The Balaban J connectivity index is 2.57. The molecule has 0 amide bonds. The molecular formula is C18H26O5. The molecule has 5 heteroatoms. The highest BCUT2D eigenvalue weighted by Gasteiger charge is 2.29.